The molecular formula is C25H36N4O4S. The average molecular weight is 489 g/mol. The van der Waals surface area contributed by atoms with Crippen LogP contribution in [-0.4, -0.2) is 103 Å². The fraction of sp³-hybridized carbons (Fsp3) is 0.640. The Morgan fingerprint density at radius 3 is 2.35 bits per heavy atom. The average Bonchev–Trinajstić information content (AvgIpc) is 3.37. The normalized spacial score (nSPS) is 26.5. The van der Waals surface area contributed by atoms with E-state index in [0.717, 1.165) is 31.9 Å². The number of rotatable bonds is 5. The number of anilines is 1. The number of nitrogens with one attached hydrogen (secondary N) is 1. The first-order valence-corrected chi connectivity index (χ1v) is 13.2. The summed E-state index contributed by atoms with van der Waals surface area (Å²) in [5.41, 5.74) is 1.09. The Labute approximate surface area is 206 Å². The minimum Gasteiger partial charge on any atom is -0.369 e. The van der Waals surface area contributed by atoms with E-state index in [-0.39, 0.29) is 35.6 Å². The molecule has 4 rings (SSSR count). The van der Waals surface area contributed by atoms with Gasteiger partial charge in [-0.1, -0.05) is 20.8 Å². The Balaban J connectivity index is 1.48. The summed E-state index contributed by atoms with van der Waals surface area (Å²) in [6, 6.07) is 6.25. The molecule has 0 saturated carbocycles. The van der Waals surface area contributed by atoms with E-state index in [1.807, 2.05) is 51.3 Å². The molecule has 3 saturated heterocycles. The van der Waals surface area contributed by atoms with Crippen LogP contribution in [0.2, 0.25) is 0 Å². The van der Waals surface area contributed by atoms with Crippen LogP contribution in [0.3, 0.4) is 0 Å². The summed E-state index contributed by atoms with van der Waals surface area (Å²) in [6.45, 7) is 10.2. The van der Waals surface area contributed by atoms with Gasteiger partial charge in [0.2, 0.25) is 5.91 Å². The second-order valence-electron chi connectivity index (χ2n) is 10.6. The van der Waals surface area contributed by atoms with E-state index in [9.17, 15) is 14.4 Å². The predicted molar refractivity (Wildman–Crippen MR) is 134 cm³/mol. The third-order valence-corrected chi connectivity index (χ3v) is 8.13. The van der Waals surface area contributed by atoms with Gasteiger partial charge in [0.05, 0.1) is 11.4 Å². The van der Waals surface area contributed by atoms with Gasteiger partial charge in [0.15, 0.2) is 5.78 Å². The fourth-order valence-electron chi connectivity index (χ4n) is 4.96. The quantitative estimate of drug-likeness (QED) is 0.673. The van der Waals surface area contributed by atoms with Crippen LogP contribution in [0, 0.1) is 5.41 Å². The molecule has 9 heteroatoms. The third kappa shape index (κ3) is 4.97. The molecule has 8 nitrogen and oxygen atoms in total. The Kier molecular flexibility index (Phi) is 7.26. The maximum Gasteiger partial charge on any atom is 0.251 e. The molecule has 34 heavy (non-hydrogen) atoms. The lowest BCUT2D eigenvalue weighted by Crippen LogP contribution is -2.57. The van der Waals surface area contributed by atoms with Crippen molar-refractivity contribution < 1.29 is 19.1 Å². The summed E-state index contributed by atoms with van der Waals surface area (Å²) in [6.07, 6.45) is 1.70. The minimum atomic E-state index is -0.757. The highest BCUT2D eigenvalue weighted by Crippen LogP contribution is 2.35. The van der Waals surface area contributed by atoms with Crippen molar-refractivity contribution in [1.82, 2.24) is 15.1 Å². The maximum absolute atomic E-state index is 13.7. The standard InChI is InChI=1S/C25H36N4O4S/c1-25(2,3)22(24(32)29-14-19(34-5)21-20(29)18(30)15-33-21)26-23(31)16-6-8-17(9-7-16)28-12-10-27(4)11-13-28/h6-9,19-22H,10-15H2,1-5H3,(H,26,31)/t19-,20+,21+,22+/m0/s1. The van der Waals surface area contributed by atoms with Crippen LogP contribution in [0.5, 0.6) is 0 Å². The van der Waals surface area contributed by atoms with Crippen LogP contribution in [0.25, 0.3) is 0 Å². The second kappa shape index (κ2) is 9.87. The molecule has 186 valence electrons. The number of hydrogen-bond donors (Lipinski definition) is 1. The summed E-state index contributed by atoms with van der Waals surface area (Å²) in [4.78, 5) is 45.6. The number of carbonyl (C=O) groups excluding carboxylic acids is 3. The topological polar surface area (TPSA) is 82.2 Å². The van der Waals surface area contributed by atoms with E-state index in [1.165, 1.54) is 0 Å². The molecule has 1 N–H and O–H groups in total. The number of likely N-dealkylation sites (N-methyl/N-ethyl adjacent to an activating group) is 1. The molecular weight excluding hydrogens is 452 g/mol. The van der Waals surface area contributed by atoms with Crippen LogP contribution in [0.15, 0.2) is 24.3 Å². The van der Waals surface area contributed by atoms with E-state index in [1.54, 1.807) is 16.7 Å². The monoisotopic (exact) mass is 488 g/mol. The van der Waals surface area contributed by atoms with Crippen molar-refractivity contribution in [3.63, 3.8) is 0 Å². The SMILES string of the molecule is CS[C@H]1CN(C(=O)[C@@H](NC(=O)c2ccc(N3CCN(C)CC3)cc2)C(C)(C)C)[C@@H]2C(=O)CO[C@H]12. The highest BCUT2D eigenvalue weighted by Gasteiger charge is 2.53. The molecule has 0 spiro atoms. The van der Waals surface area contributed by atoms with E-state index in [4.69, 9.17) is 4.74 Å². The molecule has 1 aromatic carbocycles. The fourth-order valence-corrected chi connectivity index (χ4v) is 5.77. The first kappa shape index (κ1) is 25.0. The zero-order valence-electron chi connectivity index (χ0n) is 20.7. The van der Waals surface area contributed by atoms with E-state index in [0.29, 0.717) is 12.1 Å². The van der Waals surface area contributed by atoms with Crippen LogP contribution in [-0.2, 0) is 14.3 Å². The molecule has 3 aliphatic heterocycles. The highest BCUT2D eigenvalue weighted by atomic mass is 32.2. The number of Topliss-reactive ketones (excluding diaryl/α,β-unsaturated/α-hetero) is 1. The number of thioether (sulfide) groups is 1. The number of carbonyl (C=O) groups is 3. The van der Waals surface area contributed by atoms with Gasteiger partial charge in [-0.2, -0.15) is 11.8 Å². The van der Waals surface area contributed by atoms with Gasteiger partial charge in [-0.3, -0.25) is 14.4 Å². The Morgan fingerprint density at radius 2 is 1.76 bits per heavy atom. The maximum atomic E-state index is 13.7. The molecule has 0 bridgehead atoms. The first-order chi connectivity index (χ1) is 16.1. The molecule has 0 aliphatic carbocycles. The van der Waals surface area contributed by atoms with Crippen molar-refractivity contribution in [2.24, 2.45) is 5.41 Å². The third-order valence-electron chi connectivity index (χ3n) is 7.11. The number of piperazine rings is 1. The summed E-state index contributed by atoms with van der Waals surface area (Å²) in [7, 11) is 2.12. The van der Waals surface area contributed by atoms with Gasteiger partial charge in [-0.05, 0) is 43.0 Å². The largest absolute Gasteiger partial charge is 0.369 e. The summed E-state index contributed by atoms with van der Waals surface area (Å²) < 4.78 is 5.70. The number of ketones is 1. The number of likely N-dealkylation sites (tertiary alicyclic amines) is 1. The van der Waals surface area contributed by atoms with Gasteiger partial charge in [0.25, 0.3) is 5.91 Å². The molecule has 1 aromatic rings. The van der Waals surface area contributed by atoms with Crippen molar-refractivity contribution in [3.8, 4) is 0 Å². The van der Waals surface area contributed by atoms with Crippen LogP contribution >= 0.6 is 11.8 Å². The number of ether oxygens (including phenoxy) is 1. The van der Waals surface area contributed by atoms with Gasteiger partial charge in [-0.15, -0.1) is 0 Å². The lowest BCUT2D eigenvalue weighted by atomic mass is 9.85. The predicted octanol–water partition coefficient (Wildman–Crippen LogP) is 1.49. The molecule has 0 aromatic heterocycles. The lowest BCUT2D eigenvalue weighted by Gasteiger charge is -2.35. The van der Waals surface area contributed by atoms with E-state index in [2.05, 4.69) is 22.2 Å². The van der Waals surface area contributed by atoms with Crippen LogP contribution < -0.4 is 10.2 Å². The van der Waals surface area contributed by atoms with Crippen LogP contribution in [0.4, 0.5) is 5.69 Å². The Bertz CT molecular complexity index is 924. The van der Waals surface area contributed by atoms with Crippen molar-refractivity contribution in [1.29, 1.82) is 0 Å². The molecule has 4 atom stereocenters. The van der Waals surface area contributed by atoms with Gasteiger partial charge in [-0.25, -0.2) is 0 Å². The number of amides is 2. The molecule has 3 aliphatic rings. The summed E-state index contributed by atoms with van der Waals surface area (Å²) in [5, 5.41) is 3.03. The second-order valence-corrected chi connectivity index (χ2v) is 11.6. The number of benzene rings is 1. The van der Waals surface area contributed by atoms with Crippen molar-refractivity contribution in [3.05, 3.63) is 29.8 Å². The van der Waals surface area contributed by atoms with Crippen molar-refractivity contribution in [2.75, 3.05) is 57.5 Å². The van der Waals surface area contributed by atoms with E-state index >= 15 is 0 Å². The first-order valence-electron chi connectivity index (χ1n) is 11.9. The van der Waals surface area contributed by atoms with Crippen molar-refractivity contribution >= 4 is 35.0 Å². The molecule has 0 radical (unpaired) electrons. The van der Waals surface area contributed by atoms with Gasteiger partial charge >= 0.3 is 0 Å². The van der Waals surface area contributed by atoms with Crippen molar-refractivity contribution in [2.45, 2.75) is 44.2 Å². The number of hydrogen-bond acceptors (Lipinski definition) is 7. The molecule has 0 unspecified atom stereocenters. The summed E-state index contributed by atoms with van der Waals surface area (Å²) >= 11 is 1.61. The van der Waals surface area contributed by atoms with E-state index < -0.39 is 17.5 Å². The zero-order valence-corrected chi connectivity index (χ0v) is 21.6. The smallest absolute Gasteiger partial charge is 0.251 e. The highest BCUT2D eigenvalue weighted by molar-refractivity contribution is 7.99. The Hall–Kier alpha value is -2.10. The lowest BCUT2D eigenvalue weighted by molar-refractivity contribution is -0.140. The summed E-state index contributed by atoms with van der Waals surface area (Å²) in [5.74, 6) is -0.571. The number of fused-ring (bicyclic) bond motifs is 1. The molecule has 2 amide bonds. The Morgan fingerprint density at radius 1 is 1.12 bits per heavy atom. The van der Waals surface area contributed by atoms with Gasteiger partial charge in [0, 0.05) is 44.0 Å². The molecule has 3 heterocycles. The molecule has 3 fully saturated rings. The van der Waals surface area contributed by atoms with Gasteiger partial charge < -0.3 is 24.8 Å². The minimum absolute atomic E-state index is 0.0440. The zero-order chi connectivity index (χ0) is 24.6. The van der Waals surface area contributed by atoms with Crippen LogP contribution in [0.1, 0.15) is 31.1 Å². The number of nitrogens with zero attached hydrogens (tertiary/aromatic N) is 3. The van der Waals surface area contributed by atoms with Gasteiger partial charge in [0.1, 0.15) is 18.7 Å².